The van der Waals surface area contributed by atoms with Crippen LogP contribution in [0.4, 0.5) is 5.69 Å². The van der Waals surface area contributed by atoms with E-state index in [1.54, 1.807) is 11.3 Å². The molecule has 0 saturated heterocycles. The topological polar surface area (TPSA) is 17.3 Å². The van der Waals surface area contributed by atoms with Crippen molar-refractivity contribution in [1.29, 1.82) is 0 Å². The minimum atomic E-state index is 0.725. The van der Waals surface area contributed by atoms with E-state index in [-0.39, 0.29) is 0 Å². The van der Waals surface area contributed by atoms with Crippen molar-refractivity contribution < 1.29 is 0 Å². The number of hydrogen-bond acceptors (Lipinski definition) is 2. The van der Waals surface area contributed by atoms with Gasteiger partial charge in [0.25, 0.3) is 0 Å². The standard InChI is InChI=1S/C25H23ClN2S/c1-18-8-9-21(16-19(18)2)24-17-29-25(27-23-12-10-22(26)11-13-23)28(24)15-14-20-6-4-3-5-7-20/h3-13,16-17H,14-15H2,1-2H3. The van der Waals surface area contributed by atoms with Crippen molar-refractivity contribution in [3.8, 4) is 11.3 Å². The predicted octanol–water partition coefficient (Wildman–Crippen LogP) is 6.96. The van der Waals surface area contributed by atoms with Crippen LogP contribution in [0.15, 0.2) is 83.2 Å². The Balaban J connectivity index is 1.77. The van der Waals surface area contributed by atoms with E-state index in [1.165, 1.54) is 27.9 Å². The first-order chi connectivity index (χ1) is 14.1. The van der Waals surface area contributed by atoms with Crippen LogP contribution in [0.2, 0.25) is 5.02 Å². The number of aromatic nitrogens is 1. The maximum absolute atomic E-state index is 6.03. The second kappa shape index (κ2) is 8.81. The number of aryl methyl sites for hydroxylation is 3. The Morgan fingerprint density at radius 3 is 2.38 bits per heavy atom. The van der Waals surface area contributed by atoms with Crippen molar-refractivity contribution in [2.75, 3.05) is 0 Å². The number of thiazole rings is 1. The first-order valence-corrected chi connectivity index (χ1v) is 11.0. The second-order valence-corrected chi connectivity index (χ2v) is 8.45. The Morgan fingerprint density at radius 1 is 0.897 bits per heavy atom. The van der Waals surface area contributed by atoms with Crippen LogP contribution in [-0.2, 0) is 13.0 Å². The Kier molecular flexibility index (Phi) is 5.98. The van der Waals surface area contributed by atoms with E-state index < -0.39 is 0 Å². The lowest BCUT2D eigenvalue weighted by Crippen LogP contribution is -2.17. The third-order valence-electron chi connectivity index (χ3n) is 5.12. The molecule has 1 aromatic heterocycles. The maximum atomic E-state index is 6.03. The van der Waals surface area contributed by atoms with Gasteiger partial charge in [-0.2, -0.15) is 0 Å². The van der Waals surface area contributed by atoms with E-state index >= 15 is 0 Å². The van der Waals surface area contributed by atoms with Crippen LogP contribution in [0.25, 0.3) is 11.3 Å². The largest absolute Gasteiger partial charge is 0.316 e. The van der Waals surface area contributed by atoms with Crippen molar-refractivity contribution in [3.63, 3.8) is 0 Å². The molecule has 0 saturated carbocycles. The molecule has 0 spiro atoms. The molecule has 29 heavy (non-hydrogen) atoms. The average Bonchev–Trinajstić information content (AvgIpc) is 3.13. The van der Waals surface area contributed by atoms with Gasteiger partial charge >= 0.3 is 0 Å². The average molecular weight is 419 g/mol. The zero-order chi connectivity index (χ0) is 20.2. The summed E-state index contributed by atoms with van der Waals surface area (Å²) in [7, 11) is 0. The summed E-state index contributed by atoms with van der Waals surface area (Å²) in [5, 5.41) is 2.94. The number of hydrogen-bond donors (Lipinski definition) is 0. The molecule has 2 nitrogen and oxygen atoms in total. The molecule has 0 N–H and O–H groups in total. The van der Waals surface area contributed by atoms with Crippen molar-refractivity contribution >= 4 is 28.6 Å². The summed E-state index contributed by atoms with van der Waals surface area (Å²) in [6.07, 6.45) is 0.962. The van der Waals surface area contributed by atoms with Gasteiger partial charge in [-0.15, -0.1) is 11.3 Å². The van der Waals surface area contributed by atoms with Crippen molar-refractivity contribution in [2.24, 2.45) is 4.99 Å². The van der Waals surface area contributed by atoms with E-state index in [1.807, 2.05) is 24.3 Å². The highest BCUT2D eigenvalue weighted by Gasteiger charge is 2.10. The Morgan fingerprint density at radius 2 is 1.66 bits per heavy atom. The van der Waals surface area contributed by atoms with Gasteiger partial charge in [-0.3, -0.25) is 0 Å². The van der Waals surface area contributed by atoms with Crippen molar-refractivity contribution in [2.45, 2.75) is 26.8 Å². The van der Waals surface area contributed by atoms with Gasteiger partial charge in [0.15, 0.2) is 4.80 Å². The molecule has 0 atom stereocenters. The molecular formula is C25H23ClN2S. The molecule has 0 fully saturated rings. The minimum absolute atomic E-state index is 0.725. The molecule has 0 unspecified atom stereocenters. The van der Waals surface area contributed by atoms with E-state index in [2.05, 4.69) is 72.3 Å². The highest BCUT2D eigenvalue weighted by atomic mass is 35.5. The molecule has 4 heteroatoms. The summed E-state index contributed by atoms with van der Waals surface area (Å²) >= 11 is 7.71. The maximum Gasteiger partial charge on any atom is 0.190 e. The lowest BCUT2D eigenvalue weighted by Gasteiger charge is -2.11. The van der Waals surface area contributed by atoms with Crippen LogP contribution >= 0.6 is 22.9 Å². The van der Waals surface area contributed by atoms with E-state index in [0.717, 1.165) is 28.5 Å². The van der Waals surface area contributed by atoms with Gasteiger partial charge in [0.2, 0.25) is 0 Å². The van der Waals surface area contributed by atoms with Gasteiger partial charge in [-0.1, -0.05) is 54.1 Å². The summed E-state index contributed by atoms with van der Waals surface area (Å²) in [4.78, 5) is 5.90. The van der Waals surface area contributed by atoms with Crippen LogP contribution in [0.5, 0.6) is 0 Å². The normalized spacial score (nSPS) is 11.8. The Labute approximate surface area is 180 Å². The molecule has 1 heterocycles. The fourth-order valence-electron chi connectivity index (χ4n) is 3.28. The zero-order valence-corrected chi connectivity index (χ0v) is 18.2. The molecule has 0 aliphatic carbocycles. The van der Waals surface area contributed by atoms with E-state index in [9.17, 15) is 0 Å². The highest BCUT2D eigenvalue weighted by Crippen LogP contribution is 2.24. The zero-order valence-electron chi connectivity index (χ0n) is 16.6. The molecule has 0 aliphatic heterocycles. The molecule has 0 amide bonds. The van der Waals surface area contributed by atoms with Crippen LogP contribution in [0.3, 0.4) is 0 Å². The van der Waals surface area contributed by atoms with Gasteiger partial charge in [0.05, 0.1) is 11.4 Å². The Hall–Kier alpha value is -2.62. The Bertz CT molecular complexity index is 1170. The van der Waals surface area contributed by atoms with Crippen molar-refractivity contribution in [3.05, 3.63) is 105 Å². The van der Waals surface area contributed by atoms with Crippen LogP contribution in [0, 0.1) is 13.8 Å². The smallest absolute Gasteiger partial charge is 0.190 e. The van der Waals surface area contributed by atoms with Gasteiger partial charge in [-0.05, 0) is 72.9 Å². The highest BCUT2D eigenvalue weighted by molar-refractivity contribution is 7.07. The number of halogens is 1. The van der Waals surface area contributed by atoms with Gasteiger partial charge in [0, 0.05) is 16.9 Å². The van der Waals surface area contributed by atoms with Gasteiger partial charge in [0.1, 0.15) is 0 Å². The molecule has 146 valence electrons. The first-order valence-electron chi connectivity index (χ1n) is 9.70. The molecule has 4 aromatic rings. The lowest BCUT2D eigenvalue weighted by atomic mass is 10.0. The van der Waals surface area contributed by atoms with E-state index in [4.69, 9.17) is 16.6 Å². The van der Waals surface area contributed by atoms with Gasteiger partial charge in [-0.25, -0.2) is 4.99 Å². The fourth-order valence-corrected chi connectivity index (χ4v) is 4.36. The molecule has 4 rings (SSSR count). The SMILES string of the molecule is Cc1ccc(-c2csc(=Nc3ccc(Cl)cc3)n2CCc2ccccc2)cc1C. The quantitative estimate of drug-likeness (QED) is 0.333. The molecule has 0 aliphatic rings. The molecule has 3 aromatic carbocycles. The van der Waals surface area contributed by atoms with Crippen molar-refractivity contribution in [1.82, 2.24) is 4.57 Å². The minimum Gasteiger partial charge on any atom is -0.316 e. The first kappa shape index (κ1) is 19.7. The van der Waals surface area contributed by atoms with Gasteiger partial charge < -0.3 is 4.57 Å². The fraction of sp³-hybridized carbons (Fsp3) is 0.160. The second-order valence-electron chi connectivity index (χ2n) is 7.18. The third kappa shape index (κ3) is 4.69. The van der Waals surface area contributed by atoms with E-state index in [0.29, 0.717) is 0 Å². The third-order valence-corrected chi connectivity index (χ3v) is 6.23. The molecule has 0 radical (unpaired) electrons. The molecular weight excluding hydrogens is 396 g/mol. The summed E-state index contributed by atoms with van der Waals surface area (Å²) in [5.41, 5.74) is 7.30. The monoisotopic (exact) mass is 418 g/mol. The van der Waals surface area contributed by atoms with Crippen LogP contribution < -0.4 is 4.80 Å². The number of rotatable bonds is 5. The molecule has 0 bridgehead atoms. The summed E-state index contributed by atoms with van der Waals surface area (Å²) in [6.45, 7) is 5.19. The summed E-state index contributed by atoms with van der Waals surface area (Å²) in [6, 6.07) is 24.9. The number of benzene rings is 3. The summed E-state index contributed by atoms with van der Waals surface area (Å²) < 4.78 is 2.33. The predicted molar refractivity (Wildman–Crippen MR) is 124 cm³/mol. The van der Waals surface area contributed by atoms with Crippen LogP contribution in [-0.4, -0.2) is 4.57 Å². The summed E-state index contributed by atoms with van der Waals surface area (Å²) in [5.74, 6) is 0. The van der Waals surface area contributed by atoms with Crippen LogP contribution in [0.1, 0.15) is 16.7 Å². The number of nitrogens with zero attached hydrogens (tertiary/aromatic N) is 2. The lowest BCUT2D eigenvalue weighted by molar-refractivity contribution is 0.684.